The molecule has 0 saturated heterocycles. The van der Waals surface area contributed by atoms with Gasteiger partial charge in [0.05, 0.1) is 6.21 Å². The molecule has 4 nitrogen and oxygen atoms in total. The van der Waals surface area contributed by atoms with Crippen LogP contribution in [0.1, 0.15) is 6.92 Å². The van der Waals surface area contributed by atoms with Crippen LogP contribution in [-0.2, 0) is 4.79 Å². The lowest BCUT2D eigenvalue weighted by Crippen LogP contribution is -2.39. The van der Waals surface area contributed by atoms with Gasteiger partial charge in [-0.3, -0.25) is 4.79 Å². The summed E-state index contributed by atoms with van der Waals surface area (Å²) < 4.78 is 24.2. The predicted octanol–water partition coefficient (Wildman–Crippen LogP) is 0.783. The summed E-state index contributed by atoms with van der Waals surface area (Å²) in [6.07, 6.45) is -1.98. The van der Waals surface area contributed by atoms with E-state index in [0.29, 0.717) is 0 Å². The minimum absolute atomic E-state index is 0.713. The summed E-state index contributed by atoms with van der Waals surface area (Å²) in [7, 11) is 0. The molecular weight excluding hydrogens is 170 g/mol. The molecule has 0 fully saturated rings. The molecule has 12 heavy (non-hydrogen) atoms. The summed E-state index contributed by atoms with van der Waals surface area (Å²) in [5.41, 5.74) is -2.45. The Kier molecular flexibility index (Phi) is 1.91. The Morgan fingerprint density at radius 2 is 2.33 bits per heavy atom. The number of alkyl halides is 2. The molecule has 0 aromatic heterocycles. The van der Waals surface area contributed by atoms with E-state index in [1.165, 1.54) is 0 Å². The van der Waals surface area contributed by atoms with E-state index in [1.54, 1.807) is 0 Å². The van der Waals surface area contributed by atoms with Gasteiger partial charge < -0.3 is 5.11 Å². The van der Waals surface area contributed by atoms with Crippen molar-refractivity contribution in [3.05, 3.63) is 0 Å². The van der Waals surface area contributed by atoms with E-state index >= 15 is 0 Å². The standard InChI is InChI=1S/C6H6F2N2O2/c1-6(5(11)12)2-9-10-3(6)4(7)8/h2,4H,1H3,(H,11,12). The number of carboxylic acid groups (broad SMARTS) is 1. The first kappa shape index (κ1) is 8.76. The number of carbonyl (C=O) groups is 1. The highest BCUT2D eigenvalue weighted by atomic mass is 19.3. The number of hydrogen-bond acceptors (Lipinski definition) is 3. The number of aliphatic carboxylic acids is 1. The second kappa shape index (κ2) is 2.62. The first-order valence-electron chi connectivity index (χ1n) is 3.12. The molecule has 0 bridgehead atoms. The van der Waals surface area contributed by atoms with Crippen molar-refractivity contribution in [1.29, 1.82) is 0 Å². The molecule has 0 amide bonds. The van der Waals surface area contributed by atoms with Crippen LogP contribution in [0.4, 0.5) is 8.78 Å². The first-order valence-corrected chi connectivity index (χ1v) is 3.12. The number of nitrogens with zero attached hydrogens (tertiary/aromatic N) is 2. The Morgan fingerprint density at radius 1 is 1.75 bits per heavy atom. The molecule has 0 spiro atoms. The lowest BCUT2D eigenvalue weighted by Gasteiger charge is -2.15. The summed E-state index contributed by atoms with van der Waals surface area (Å²) in [6, 6.07) is 0. The molecule has 66 valence electrons. The van der Waals surface area contributed by atoms with Crippen molar-refractivity contribution in [3.8, 4) is 0 Å². The summed E-state index contributed by atoms with van der Waals surface area (Å²) in [5, 5.41) is 14.8. The molecule has 6 heteroatoms. The normalized spacial score (nSPS) is 27.8. The van der Waals surface area contributed by atoms with Crippen LogP contribution in [-0.4, -0.2) is 29.4 Å². The maximum Gasteiger partial charge on any atom is 0.320 e. The van der Waals surface area contributed by atoms with E-state index in [9.17, 15) is 13.6 Å². The van der Waals surface area contributed by atoms with E-state index < -0.39 is 23.5 Å². The van der Waals surface area contributed by atoms with Crippen LogP contribution in [0.5, 0.6) is 0 Å². The summed E-state index contributed by atoms with van der Waals surface area (Å²) in [6.45, 7) is 1.14. The van der Waals surface area contributed by atoms with Gasteiger partial charge in [-0.1, -0.05) is 0 Å². The number of carboxylic acids is 1. The maximum atomic E-state index is 12.1. The van der Waals surface area contributed by atoms with Gasteiger partial charge in [0.2, 0.25) is 0 Å². The third-order valence-corrected chi connectivity index (χ3v) is 1.66. The quantitative estimate of drug-likeness (QED) is 0.675. The molecule has 1 unspecified atom stereocenters. The van der Waals surface area contributed by atoms with Crippen LogP contribution in [0.3, 0.4) is 0 Å². The lowest BCUT2D eigenvalue weighted by molar-refractivity contribution is -0.141. The van der Waals surface area contributed by atoms with Crippen molar-refractivity contribution in [2.45, 2.75) is 13.3 Å². The van der Waals surface area contributed by atoms with E-state index in [1.807, 2.05) is 0 Å². The van der Waals surface area contributed by atoms with E-state index in [-0.39, 0.29) is 0 Å². The Balaban J connectivity index is 3.00. The van der Waals surface area contributed by atoms with Crippen LogP contribution in [0, 0.1) is 5.41 Å². The molecule has 1 atom stereocenters. The fourth-order valence-electron chi connectivity index (χ4n) is 0.812. The van der Waals surface area contributed by atoms with Gasteiger partial charge in [-0.05, 0) is 6.92 Å². The fourth-order valence-corrected chi connectivity index (χ4v) is 0.812. The van der Waals surface area contributed by atoms with Crippen molar-refractivity contribution in [2.24, 2.45) is 15.6 Å². The number of rotatable bonds is 2. The van der Waals surface area contributed by atoms with Crippen LogP contribution < -0.4 is 0 Å². The zero-order valence-corrected chi connectivity index (χ0v) is 6.16. The molecule has 1 heterocycles. The van der Waals surface area contributed by atoms with Crippen molar-refractivity contribution in [1.82, 2.24) is 0 Å². The van der Waals surface area contributed by atoms with E-state index in [2.05, 4.69) is 10.2 Å². The largest absolute Gasteiger partial charge is 0.480 e. The predicted molar refractivity (Wildman–Crippen MR) is 37.7 cm³/mol. The lowest BCUT2D eigenvalue weighted by atomic mass is 9.87. The monoisotopic (exact) mass is 176 g/mol. The second-order valence-electron chi connectivity index (χ2n) is 2.54. The molecular formula is C6H6F2N2O2. The second-order valence-corrected chi connectivity index (χ2v) is 2.54. The molecule has 0 aliphatic carbocycles. The minimum Gasteiger partial charge on any atom is -0.480 e. The van der Waals surface area contributed by atoms with Gasteiger partial charge in [0.25, 0.3) is 6.43 Å². The fraction of sp³-hybridized carbons (Fsp3) is 0.500. The van der Waals surface area contributed by atoms with Gasteiger partial charge >= 0.3 is 5.97 Å². The van der Waals surface area contributed by atoms with Crippen LogP contribution >= 0.6 is 0 Å². The topological polar surface area (TPSA) is 62.0 Å². The van der Waals surface area contributed by atoms with Gasteiger partial charge in [-0.15, -0.1) is 0 Å². The van der Waals surface area contributed by atoms with Gasteiger partial charge in [0.15, 0.2) is 0 Å². The molecule has 0 aromatic carbocycles. The highest BCUT2D eigenvalue weighted by molar-refractivity contribution is 6.21. The van der Waals surface area contributed by atoms with Crippen molar-refractivity contribution < 1.29 is 18.7 Å². The molecule has 0 aromatic rings. The molecule has 1 aliphatic heterocycles. The molecule has 1 rings (SSSR count). The molecule has 1 N–H and O–H groups in total. The Hall–Kier alpha value is -1.33. The van der Waals surface area contributed by atoms with E-state index in [0.717, 1.165) is 13.1 Å². The maximum absolute atomic E-state index is 12.1. The van der Waals surface area contributed by atoms with Gasteiger partial charge in [-0.25, -0.2) is 8.78 Å². The molecule has 0 saturated carbocycles. The number of hydrogen-bond donors (Lipinski definition) is 1. The summed E-state index contributed by atoms with van der Waals surface area (Å²) >= 11 is 0. The summed E-state index contributed by atoms with van der Waals surface area (Å²) in [4.78, 5) is 10.5. The minimum atomic E-state index is -2.88. The van der Waals surface area contributed by atoms with Gasteiger partial charge in [0.1, 0.15) is 11.1 Å². The smallest absolute Gasteiger partial charge is 0.320 e. The molecule has 1 aliphatic rings. The van der Waals surface area contributed by atoms with Gasteiger partial charge in [0, 0.05) is 0 Å². The average Bonchev–Trinajstić information content (AvgIpc) is 2.32. The Bertz CT molecular complexity index is 275. The van der Waals surface area contributed by atoms with Crippen molar-refractivity contribution in [2.75, 3.05) is 0 Å². The Morgan fingerprint density at radius 3 is 2.67 bits per heavy atom. The van der Waals surface area contributed by atoms with Crippen LogP contribution in [0.15, 0.2) is 10.2 Å². The SMILES string of the molecule is CC1(C(=O)O)C=NN=C1C(F)F. The van der Waals surface area contributed by atoms with Crippen molar-refractivity contribution in [3.63, 3.8) is 0 Å². The third-order valence-electron chi connectivity index (χ3n) is 1.66. The van der Waals surface area contributed by atoms with E-state index in [4.69, 9.17) is 5.11 Å². The van der Waals surface area contributed by atoms with Crippen LogP contribution in [0.2, 0.25) is 0 Å². The average molecular weight is 176 g/mol. The van der Waals surface area contributed by atoms with Crippen molar-refractivity contribution >= 4 is 17.9 Å². The highest BCUT2D eigenvalue weighted by Gasteiger charge is 2.44. The highest BCUT2D eigenvalue weighted by Crippen LogP contribution is 2.25. The third kappa shape index (κ3) is 1.09. The first-order chi connectivity index (χ1) is 5.48. The molecule has 0 radical (unpaired) electrons. The zero-order valence-electron chi connectivity index (χ0n) is 6.16. The Labute approximate surface area is 66.6 Å². The summed E-state index contributed by atoms with van der Waals surface area (Å²) in [5.74, 6) is -1.37. The van der Waals surface area contributed by atoms with Gasteiger partial charge in [-0.2, -0.15) is 10.2 Å². The number of halogens is 2. The zero-order chi connectivity index (χ0) is 9.35. The van der Waals surface area contributed by atoms with Crippen LogP contribution in [0.25, 0.3) is 0 Å².